The first-order valence-corrected chi connectivity index (χ1v) is 8.53. The predicted octanol–water partition coefficient (Wildman–Crippen LogP) is 2.88. The minimum atomic E-state index is 0. The van der Waals surface area contributed by atoms with Crippen LogP contribution in [0.3, 0.4) is 0 Å². The molecule has 1 unspecified atom stereocenters. The Hall–Kier alpha value is -1.46. The SMILES string of the molecule is C#CCNC(=NCC(c1cccc(OC)c1)N(CC)CC)NCC.I. The first-order chi connectivity index (χ1) is 11.7. The summed E-state index contributed by atoms with van der Waals surface area (Å²) in [4.78, 5) is 7.11. The van der Waals surface area contributed by atoms with Crippen molar-refractivity contribution in [2.75, 3.05) is 39.8 Å². The number of likely N-dealkylation sites (N-methyl/N-ethyl adjacent to an activating group) is 1. The van der Waals surface area contributed by atoms with Crippen molar-refractivity contribution in [1.82, 2.24) is 15.5 Å². The van der Waals surface area contributed by atoms with Gasteiger partial charge in [-0.1, -0.05) is 31.9 Å². The van der Waals surface area contributed by atoms with E-state index < -0.39 is 0 Å². The molecule has 0 fully saturated rings. The smallest absolute Gasteiger partial charge is 0.192 e. The first kappa shape index (κ1) is 23.5. The van der Waals surface area contributed by atoms with E-state index in [1.165, 1.54) is 5.56 Å². The number of nitrogens with zero attached hydrogens (tertiary/aromatic N) is 2. The predicted molar refractivity (Wildman–Crippen MR) is 117 cm³/mol. The van der Waals surface area contributed by atoms with Crippen molar-refractivity contribution in [3.63, 3.8) is 0 Å². The van der Waals surface area contributed by atoms with Crippen molar-refractivity contribution in [2.45, 2.75) is 26.8 Å². The van der Waals surface area contributed by atoms with E-state index in [-0.39, 0.29) is 30.0 Å². The molecule has 0 heterocycles. The number of guanidine groups is 1. The Morgan fingerprint density at radius 3 is 2.56 bits per heavy atom. The van der Waals surface area contributed by atoms with Crippen LogP contribution in [0.25, 0.3) is 0 Å². The summed E-state index contributed by atoms with van der Waals surface area (Å²) < 4.78 is 5.37. The Morgan fingerprint density at radius 1 is 1.28 bits per heavy atom. The van der Waals surface area contributed by atoms with Gasteiger partial charge in [-0.15, -0.1) is 30.4 Å². The van der Waals surface area contributed by atoms with Gasteiger partial charge in [0.25, 0.3) is 0 Å². The van der Waals surface area contributed by atoms with E-state index >= 15 is 0 Å². The zero-order chi connectivity index (χ0) is 17.8. The monoisotopic (exact) mass is 458 g/mol. The van der Waals surface area contributed by atoms with Gasteiger partial charge in [-0.2, -0.15) is 0 Å². The molecular weight excluding hydrogens is 427 g/mol. The van der Waals surface area contributed by atoms with Gasteiger partial charge in [0.1, 0.15) is 5.75 Å². The fraction of sp³-hybridized carbons (Fsp3) is 0.526. The highest BCUT2D eigenvalue weighted by Gasteiger charge is 2.18. The van der Waals surface area contributed by atoms with E-state index in [1.54, 1.807) is 7.11 Å². The first-order valence-electron chi connectivity index (χ1n) is 8.53. The van der Waals surface area contributed by atoms with Crippen LogP contribution in [-0.4, -0.2) is 50.7 Å². The van der Waals surface area contributed by atoms with Gasteiger partial charge >= 0.3 is 0 Å². The lowest BCUT2D eigenvalue weighted by atomic mass is 10.0. The third kappa shape index (κ3) is 7.97. The molecule has 0 amide bonds. The summed E-state index contributed by atoms with van der Waals surface area (Å²) in [7, 11) is 1.69. The average molecular weight is 458 g/mol. The van der Waals surface area contributed by atoms with Crippen LogP contribution in [0.2, 0.25) is 0 Å². The minimum absolute atomic E-state index is 0. The molecule has 0 aliphatic carbocycles. The summed E-state index contributed by atoms with van der Waals surface area (Å²) >= 11 is 0. The van der Waals surface area contributed by atoms with Crippen LogP contribution in [-0.2, 0) is 0 Å². The van der Waals surface area contributed by atoms with Crippen molar-refractivity contribution >= 4 is 29.9 Å². The molecule has 0 radical (unpaired) electrons. The second-order valence-electron chi connectivity index (χ2n) is 5.29. The highest BCUT2D eigenvalue weighted by Crippen LogP contribution is 2.24. The fourth-order valence-electron chi connectivity index (χ4n) is 2.60. The Labute approximate surface area is 169 Å². The van der Waals surface area contributed by atoms with Crippen molar-refractivity contribution in [3.05, 3.63) is 29.8 Å². The number of aliphatic imine (C=N–C) groups is 1. The van der Waals surface area contributed by atoms with E-state index in [0.29, 0.717) is 13.1 Å². The van der Waals surface area contributed by atoms with Gasteiger partial charge in [0, 0.05) is 6.54 Å². The molecule has 140 valence electrons. The van der Waals surface area contributed by atoms with Crippen LogP contribution >= 0.6 is 24.0 Å². The number of methoxy groups -OCH3 is 1. The molecule has 5 nitrogen and oxygen atoms in total. The molecule has 1 rings (SSSR count). The number of ether oxygens (including phenoxy) is 1. The quantitative estimate of drug-likeness (QED) is 0.259. The van der Waals surface area contributed by atoms with Gasteiger partial charge in [-0.05, 0) is 37.7 Å². The van der Waals surface area contributed by atoms with Crippen LogP contribution in [0.4, 0.5) is 0 Å². The molecule has 0 aliphatic rings. The summed E-state index contributed by atoms with van der Waals surface area (Å²) in [6.45, 7) is 10.2. The van der Waals surface area contributed by atoms with Gasteiger partial charge in [0.2, 0.25) is 0 Å². The molecule has 0 bridgehead atoms. The van der Waals surface area contributed by atoms with Crippen LogP contribution in [0.1, 0.15) is 32.4 Å². The summed E-state index contributed by atoms with van der Waals surface area (Å²) in [6, 6.07) is 8.39. The third-order valence-electron chi connectivity index (χ3n) is 3.86. The number of halogens is 1. The van der Waals surface area contributed by atoms with Crippen LogP contribution in [0.15, 0.2) is 29.3 Å². The number of hydrogen-bond acceptors (Lipinski definition) is 3. The van der Waals surface area contributed by atoms with Crippen LogP contribution < -0.4 is 15.4 Å². The maximum absolute atomic E-state index is 5.37. The van der Waals surface area contributed by atoms with E-state index in [2.05, 4.69) is 47.4 Å². The molecule has 6 heteroatoms. The Morgan fingerprint density at radius 2 is 2.00 bits per heavy atom. The van der Waals surface area contributed by atoms with E-state index in [9.17, 15) is 0 Å². The summed E-state index contributed by atoms with van der Waals surface area (Å²) in [5.41, 5.74) is 1.20. The standard InChI is InChI=1S/C19H30N4O.HI/c1-6-13-21-19(20-7-2)22-15-18(23(8-3)9-4)16-11-10-12-17(14-16)24-5;/h1,10-12,14,18H,7-9,13,15H2,2-5H3,(H2,20,21,22);1H. The topological polar surface area (TPSA) is 48.9 Å². The largest absolute Gasteiger partial charge is 0.497 e. The Balaban J connectivity index is 0.00000576. The van der Waals surface area contributed by atoms with Crippen LogP contribution in [0.5, 0.6) is 5.75 Å². The van der Waals surface area contributed by atoms with Gasteiger partial charge < -0.3 is 15.4 Å². The van der Waals surface area contributed by atoms with Gasteiger partial charge in [0.05, 0.1) is 26.2 Å². The maximum Gasteiger partial charge on any atom is 0.192 e. The number of nitrogens with one attached hydrogen (secondary N) is 2. The Kier molecular flexibility index (Phi) is 13.0. The van der Waals surface area contributed by atoms with E-state index in [4.69, 9.17) is 16.2 Å². The Bertz CT molecular complexity index is 553. The summed E-state index contributed by atoms with van der Waals surface area (Å²) in [5.74, 6) is 4.19. The lowest BCUT2D eigenvalue weighted by molar-refractivity contribution is 0.224. The molecule has 0 saturated carbocycles. The van der Waals surface area contributed by atoms with Crippen molar-refractivity contribution < 1.29 is 4.74 Å². The molecule has 0 aliphatic heterocycles. The summed E-state index contributed by atoms with van der Waals surface area (Å²) in [6.07, 6.45) is 5.33. The zero-order valence-electron chi connectivity index (χ0n) is 15.7. The third-order valence-corrected chi connectivity index (χ3v) is 3.86. The average Bonchev–Trinajstić information content (AvgIpc) is 2.62. The molecule has 1 aromatic carbocycles. The minimum Gasteiger partial charge on any atom is -0.497 e. The van der Waals surface area contributed by atoms with Crippen molar-refractivity contribution in [1.29, 1.82) is 0 Å². The highest BCUT2D eigenvalue weighted by atomic mass is 127. The van der Waals surface area contributed by atoms with Gasteiger partial charge in [0.15, 0.2) is 5.96 Å². The molecule has 1 atom stereocenters. The molecule has 1 aromatic rings. The molecule has 2 N–H and O–H groups in total. The fourth-order valence-corrected chi connectivity index (χ4v) is 2.60. The molecule has 0 aromatic heterocycles. The van der Waals surface area contributed by atoms with Gasteiger partial charge in [-0.3, -0.25) is 9.89 Å². The number of benzene rings is 1. The summed E-state index contributed by atoms with van der Waals surface area (Å²) in [5, 5.41) is 6.36. The van der Waals surface area contributed by atoms with Crippen molar-refractivity contribution in [2.24, 2.45) is 4.99 Å². The van der Waals surface area contributed by atoms with E-state index in [1.807, 2.05) is 19.1 Å². The maximum atomic E-state index is 5.37. The molecule has 25 heavy (non-hydrogen) atoms. The second-order valence-corrected chi connectivity index (χ2v) is 5.29. The normalized spacial score (nSPS) is 12.1. The lowest BCUT2D eigenvalue weighted by Gasteiger charge is -2.29. The van der Waals surface area contributed by atoms with Crippen LogP contribution in [0, 0.1) is 12.3 Å². The number of hydrogen-bond donors (Lipinski definition) is 2. The molecule has 0 spiro atoms. The second kappa shape index (κ2) is 13.8. The molecule has 0 saturated heterocycles. The van der Waals surface area contributed by atoms with E-state index in [0.717, 1.165) is 31.3 Å². The zero-order valence-corrected chi connectivity index (χ0v) is 18.0. The highest BCUT2D eigenvalue weighted by molar-refractivity contribution is 14.0. The molecular formula is C19H31IN4O. The number of terminal acetylenes is 1. The van der Waals surface area contributed by atoms with Gasteiger partial charge in [-0.25, -0.2) is 0 Å². The lowest BCUT2D eigenvalue weighted by Crippen LogP contribution is -2.38. The number of rotatable bonds is 9. The van der Waals surface area contributed by atoms with Crippen molar-refractivity contribution in [3.8, 4) is 18.1 Å².